The molecule has 0 spiro atoms. The molecule has 0 aliphatic rings. The predicted octanol–water partition coefficient (Wildman–Crippen LogP) is 2.14. The van der Waals surface area contributed by atoms with Gasteiger partial charge in [0, 0.05) is 0 Å². The molecule has 76 valence electrons. The zero-order chi connectivity index (χ0) is 10.7. The molecule has 0 amide bonds. The predicted molar refractivity (Wildman–Crippen MR) is 63.1 cm³/mol. The second kappa shape index (κ2) is 4.19. The third-order valence-corrected chi connectivity index (χ3v) is 8.31. The summed E-state index contributed by atoms with van der Waals surface area (Å²) in [5, 5.41) is 4.25. The van der Waals surface area contributed by atoms with Crippen molar-refractivity contribution in [2.45, 2.75) is 39.3 Å². The van der Waals surface area contributed by atoms with Gasteiger partial charge < -0.3 is 4.34 Å². The summed E-state index contributed by atoms with van der Waals surface area (Å²) in [6.45, 7) is 13.5. The minimum absolute atomic E-state index is 0.743. The van der Waals surface area contributed by atoms with Crippen LogP contribution in [0.25, 0.3) is 0 Å². The molecule has 0 aliphatic heterocycles. The molecule has 0 aromatic carbocycles. The molecule has 0 aromatic rings. The lowest BCUT2D eigenvalue weighted by atomic mass is 10.9. The van der Waals surface area contributed by atoms with E-state index >= 15 is 0 Å². The molecule has 0 aliphatic carbocycles. The first kappa shape index (κ1) is 12.6. The van der Waals surface area contributed by atoms with E-state index < -0.39 is 16.5 Å². The number of carbonyl (C=O) groups is 1. The topological polar surface area (TPSA) is 32.7 Å². The van der Waals surface area contributed by atoms with E-state index in [1.54, 1.807) is 0 Å². The molecule has 0 aromatic heterocycles. The van der Waals surface area contributed by atoms with Gasteiger partial charge in [-0.15, -0.1) is 0 Å². The summed E-state index contributed by atoms with van der Waals surface area (Å²) in [4.78, 5) is 10.2. The maximum absolute atomic E-state index is 10.2. The number of rotatable bonds is 4. The quantitative estimate of drug-likeness (QED) is 0.312. The molecule has 0 heterocycles. The van der Waals surface area contributed by atoms with Crippen LogP contribution in [0.5, 0.6) is 0 Å². The molecule has 0 atom stereocenters. The number of hydrogen-bond donors (Lipinski definition) is 0. The van der Waals surface area contributed by atoms with Crippen LogP contribution in [-0.2, 0) is 4.79 Å². The van der Waals surface area contributed by atoms with Gasteiger partial charge >= 0.3 is 0 Å². The molecule has 0 rings (SSSR count). The van der Waals surface area contributed by atoms with Gasteiger partial charge in [-0.3, -0.25) is 4.79 Å². The van der Waals surface area contributed by atoms with Crippen molar-refractivity contribution < 1.29 is 4.79 Å². The van der Waals surface area contributed by atoms with E-state index in [4.69, 9.17) is 0 Å². The Morgan fingerprint density at radius 1 is 1.00 bits per heavy atom. The Balaban J connectivity index is 4.77. The van der Waals surface area contributed by atoms with Crippen LogP contribution in [0, 0.1) is 0 Å². The Bertz CT molecular complexity index is 189. The first-order chi connectivity index (χ1) is 5.69. The highest BCUT2D eigenvalue weighted by Crippen LogP contribution is 2.19. The van der Waals surface area contributed by atoms with Crippen molar-refractivity contribution >= 4 is 29.0 Å². The van der Waals surface area contributed by atoms with Crippen LogP contribution < -0.4 is 0 Å². The second-order valence-electron chi connectivity index (χ2n) is 5.05. The fourth-order valence-corrected chi connectivity index (χ4v) is 10.3. The third-order valence-electron chi connectivity index (χ3n) is 1.51. The van der Waals surface area contributed by atoms with Crippen LogP contribution in [0.1, 0.15) is 0 Å². The van der Waals surface area contributed by atoms with Crippen LogP contribution in [0.2, 0.25) is 39.3 Å². The van der Waals surface area contributed by atoms with E-state index in [0.717, 1.165) is 6.29 Å². The average Bonchev–Trinajstić information content (AvgIpc) is 1.81. The maximum atomic E-state index is 10.2. The summed E-state index contributed by atoms with van der Waals surface area (Å²) in [5.41, 5.74) is 0. The number of nitrogens with zero attached hydrogens (tertiary/aromatic N) is 2. The third kappa shape index (κ3) is 4.37. The Morgan fingerprint density at radius 2 is 1.38 bits per heavy atom. The van der Waals surface area contributed by atoms with Crippen LogP contribution in [-0.4, -0.2) is 33.3 Å². The summed E-state index contributed by atoms with van der Waals surface area (Å²) in [7, 11) is -2.84. The van der Waals surface area contributed by atoms with Gasteiger partial charge in [-0.05, 0) is 0 Å². The van der Waals surface area contributed by atoms with Crippen molar-refractivity contribution in [2.75, 3.05) is 0 Å². The Labute approximate surface area is 83.0 Å². The molecule has 0 saturated heterocycles. The van der Waals surface area contributed by atoms with Crippen molar-refractivity contribution in [3.63, 3.8) is 0 Å². The van der Waals surface area contributed by atoms with Gasteiger partial charge in [-0.2, -0.15) is 5.10 Å². The summed E-state index contributed by atoms with van der Waals surface area (Å²) >= 11 is 0. The van der Waals surface area contributed by atoms with Crippen LogP contribution >= 0.6 is 0 Å². The van der Waals surface area contributed by atoms with Gasteiger partial charge in [-0.1, -0.05) is 39.3 Å². The molecule has 0 N–H and O–H groups in total. The molecular formula is C8H20N2OSi2. The van der Waals surface area contributed by atoms with Crippen LogP contribution in [0.3, 0.4) is 0 Å². The van der Waals surface area contributed by atoms with Gasteiger partial charge in [0.1, 0.15) is 0 Å². The summed E-state index contributed by atoms with van der Waals surface area (Å²) in [6, 6.07) is 0. The first-order valence-electron chi connectivity index (χ1n) is 4.47. The van der Waals surface area contributed by atoms with Crippen molar-refractivity contribution in [1.29, 1.82) is 0 Å². The smallest absolute Gasteiger partial charge is 0.162 e. The molecule has 13 heavy (non-hydrogen) atoms. The van der Waals surface area contributed by atoms with Crippen molar-refractivity contribution in [1.82, 2.24) is 4.34 Å². The molecule has 0 saturated carbocycles. The highest BCUT2D eigenvalue weighted by molar-refractivity contribution is 6.89. The van der Waals surface area contributed by atoms with Crippen molar-refractivity contribution in [3.8, 4) is 0 Å². The Morgan fingerprint density at radius 3 is 1.62 bits per heavy atom. The number of hydrazone groups is 1. The first-order valence-corrected chi connectivity index (χ1v) is 11.4. The SMILES string of the molecule is C[Si](C)(C)N(N=CC=O)[Si](C)(C)C. The van der Waals surface area contributed by atoms with E-state index in [2.05, 4.69) is 48.7 Å². The van der Waals surface area contributed by atoms with E-state index in [-0.39, 0.29) is 0 Å². The summed E-state index contributed by atoms with van der Waals surface area (Å²) in [5.74, 6) is 0. The fraction of sp³-hybridized carbons (Fsp3) is 0.750. The van der Waals surface area contributed by atoms with Crippen LogP contribution in [0.4, 0.5) is 0 Å². The van der Waals surface area contributed by atoms with E-state index in [1.807, 2.05) is 0 Å². The second-order valence-corrected chi connectivity index (χ2v) is 15.0. The van der Waals surface area contributed by atoms with Gasteiger partial charge in [0.05, 0.1) is 6.21 Å². The van der Waals surface area contributed by atoms with Gasteiger partial charge in [0.15, 0.2) is 22.8 Å². The molecule has 5 heteroatoms. The normalized spacial score (nSPS) is 13.4. The number of carbonyl (C=O) groups excluding carboxylic acids is 1. The zero-order valence-corrected chi connectivity index (χ0v) is 11.5. The molecular weight excluding hydrogens is 196 g/mol. The lowest BCUT2D eigenvalue weighted by Gasteiger charge is -2.41. The molecule has 0 bridgehead atoms. The standard InChI is InChI=1S/C8H20N2OSi2/c1-12(2,3)10(9-7-8-11)13(4,5)6/h7-8H,1-6H3. The Hall–Kier alpha value is -0.426. The zero-order valence-electron chi connectivity index (χ0n) is 9.46. The monoisotopic (exact) mass is 216 g/mol. The largest absolute Gasteiger partial charge is 0.350 e. The number of hydrogen-bond acceptors (Lipinski definition) is 3. The fourth-order valence-electron chi connectivity index (χ4n) is 1.45. The maximum Gasteiger partial charge on any atom is 0.162 e. The van der Waals surface area contributed by atoms with E-state index in [9.17, 15) is 4.79 Å². The minimum atomic E-state index is -1.42. The Kier molecular flexibility index (Phi) is 4.05. The van der Waals surface area contributed by atoms with E-state index in [1.165, 1.54) is 6.21 Å². The molecule has 0 unspecified atom stereocenters. The highest BCUT2D eigenvalue weighted by Gasteiger charge is 2.33. The van der Waals surface area contributed by atoms with Crippen molar-refractivity contribution in [3.05, 3.63) is 0 Å². The van der Waals surface area contributed by atoms with Crippen molar-refractivity contribution in [2.24, 2.45) is 5.10 Å². The average molecular weight is 216 g/mol. The molecule has 0 fully saturated rings. The summed E-state index contributed by atoms with van der Waals surface area (Å²) in [6.07, 6.45) is 2.10. The van der Waals surface area contributed by atoms with Gasteiger partial charge in [-0.25, -0.2) is 0 Å². The lowest BCUT2D eigenvalue weighted by molar-refractivity contribution is -0.102. The lowest BCUT2D eigenvalue weighted by Crippen LogP contribution is -2.55. The van der Waals surface area contributed by atoms with Crippen LogP contribution in [0.15, 0.2) is 5.10 Å². The molecule has 0 radical (unpaired) electrons. The van der Waals surface area contributed by atoms with Gasteiger partial charge in [0.2, 0.25) is 0 Å². The highest BCUT2D eigenvalue weighted by atomic mass is 28.4. The minimum Gasteiger partial charge on any atom is -0.350 e. The van der Waals surface area contributed by atoms with Gasteiger partial charge in [0.25, 0.3) is 0 Å². The van der Waals surface area contributed by atoms with E-state index in [0.29, 0.717) is 0 Å². The number of aldehydes is 1. The summed E-state index contributed by atoms with van der Waals surface area (Å²) < 4.78 is 2.20. The molecule has 3 nitrogen and oxygen atoms in total.